The monoisotopic (exact) mass is 349 g/mol. The van der Waals surface area contributed by atoms with Crippen LogP contribution in [-0.4, -0.2) is 20.1 Å². The summed E-state index contributed by atoms with van der Waals surface area (Å²) in [4.78, 5) is 0.253. The largest absolute Gasteiger partial charge is 0.466 e. The van der Waals surface area contributed by atoms with Gasteiger partial charge in [0.2, 0.25) is 10.0 Å². The van der Waals surface area contributed by atoms with Crippen LogP contribution in [-0.2, 0) is 15.6 Å². The molecule has 0 aliphatic heterocycles. The second kappa shape index (κ2) is 6.02. The number of furan rings is 1. The zero-order valence-electron chi connectivity index (χ0n) is 14.2. The lowest BCUT2D eigenvalue weighted by Gasteiger charge is -2.26. The van der Waals surface area contributed by atoms with Gasteiger partial charge in [-0.1, -0.05) is 6.07 Å². The van der Waals surface area contributed by atoms with Gasteiger partial charge in [0.05, 0.1) is 11.2 Å². The van der Waals surface area contributed by atoms with Crippen LogP contribution >= 0.6 is 0 Å². The molecule has 1 atom stereocenters. The Morgan fingerprint density at radius 2 is 1.88 bits per heavy atom. The number of aryl methyl sites for hydroxylation is 3. The summed E-state index contributed by atoms with van der Waals surface area (Å²) in [6, 6.07) is 6.93. The summed E-state index contributed by atoms with van der Waals surface area (Å²) < 4.78 is 33.4. The molecule has 0 bridgehead atoms. The predicted octanol–water partition coefficient (Wildman–Crippen LogP) is 2.78. The van der Waals surface area contributed by atoms with Crippen molar-refractivity contribution in [3.8, 4) is 0 Å². The molecule has 130 valence electrons. The van der Waals surface area contributed by atoms with Crippen LogP contribution in [0.3, 0.4) is 0 Å². The average molecular weight is 349 g/mol. The first-order chi connectivity index (χ1) is 11.2. The Hall–Kier alpha value is -1.63. The third-order valence-corrected chi connectivity index (χ3v) is 6.36. The number of aliphatic hydroxyl groups is 1. The highest BCUT2D eigenvalue weighted by molar-refractivity contribution is 7.89. The summed E-state index contributed by atoms with van der Waals surface area (Å²) in [7, 11) is -3.71. The van der Waals surface area contributed by atoms with Crippen molar-refractivity contribution >= 4 is 10.0 Å². The Kier molecular flexibility index (Phi) is 4.32. The molecule has 2 aromatic rings. The SMILES string of the molecule is Cc1cc(C)c(S(=O)(=O)NC[C@](O)(c2ccco2)C2CC2)cc1C. The van der Waals surface area contributed by atoms with Crippen molar-refractivity contribution in [3.63, 3.8) is 0 Å². The van der Waals surface area contributed by atoms with E-state index in [2.05, 4.69) is 4.72 Å². The molecule has 6 heteroatoms. The molecule has 1 aliphatic rings. The average Bonchev–Trinajstić information content (AvgIpc) is 3.23. The van der Waals surface area contributed by atoms with Gasteiger partial charge in [-0.2, -0.15) is 0 Å². The van der Waals surface area contributed by atoms with E-state index in [0.717, 1.165) is 24.0 Å². The second-order valence-corrected chi connectivity index (χ2v) is 8.44. The van der Waals surface area contributed by atoms with Gasteiger partial charge in [0, 0.05) is 6.54 Å². The van der Waals surface area contributed by atoms with Gasteiger partial charge in [0.1, 0.15) is 11.4 Å². The Morgan fingerprint density at radius 1 is 1.21 bits per heavy atom. The number of hydrogen-bond donors (Lipinski definition) is 2. The van der Waals surface area contributed by atoms with Crippen LogP contribution in [0.2, 0.25) is 0 Å². The number of hydrogen-bond acceptors (Lipinski definition) is 4. The summed E-state index contributed by atoms with van der Waals surface area (Å²) in [6.07, 6.45) is 3.22. The van der Waals surface area contributed by atoms with Gasteiger partial charge in [-0.15, -0.1) is 0 Å². The first kappa shape index (κ1) is 17.2. The minimum atomic E-state index is -3.71. The van der Waals surface area contributed by atoms with Gasteiger partial charge in [0.25, 0.3) is 0 Å². The maximum Gasteiger partial charge on any atom is 0.240 e. The lowest BCUT2D eigenvalue weighted by molar-refractivity contribution is -0.00224. The van der Waals surface area contributed by atoms with Gasteiger partial charge >= 0.3 is 0 Å². The molecule has 3 rings (SSSR count). The number of benzene rings is 1. The molecule has 0 saturated heterocycles. The van der Waals surface area contributed by atoms with Crippen LogP contribution in [0.15, 0.2) is 39.8 Å². The molecular weight excluding hydrogens is 326 g/mol. The van der Waals surface area contributed by atoms with Crippen LogP contribution in [0.1, 0.15) is 35.3 Å². The zero-order valence-corrected chi connectivity index (χ0v) is 15.0. The van der Waals surface area contributed by atoms with Crippen molar-refractivity contribution in [2.24, 2.45) is 5.92 Å². The van der Waals surface area contributed by atoms with Crippen molar-refractivity contribution in [2.45, 2.75) is 44.1 Å². The highest BCUT2D eigenvalue weighted by Gasteiger charge is 2.47. The van der Waals surface area contributed by atoms with Crippen LogP contribution in [0.5, 0.6) is 0 Å². The smallest absolute Gasteiger partial charge is 0.240 e. The van der Waals surface area contributed by atoms with E-state index in [1.54, 1.807) is 25.1 Å². The molecule has 1 aliphatic carbocycles. The molecule has 1 aromatic heterocycles. The highest BCUT2D eigenvalue weighted by Crippen LogP contribution is 2.45. The van der Waals surface area contributed by atoms with Crippen LogP contribution in [0.4, 0.5) is 0 Å². The minimum absolute atomic E-state index is 0.0206. The number of rotatable bonds is 6. The molecule has 1 saturated carbocycles. The van der Waals surface area contributed by atoms with E-state index in [1.807, 2.05) is 19.9 Å². The molecule has 0 spiro atoms. The normalized spacial score (nSPS) is 17.7. The van der Waals surface area contributed by atoms with Gasteiger partial charge in [-0.05, 0) is 74.4 Å². The topological polar surface area (TPSA) is 79.5 Å². The second-order valence-electron chi connectivity index (χ2n) is 6.70. The molecule has 0 amide bonds. The van der Waals surface area contributed by atoms with E-state index < -0.39 is 15.6 Å². The lowest BCUT2D eigenvalue weighted by Crippen LogP contribution is -2.42. The minimum Gasteiger partial charge on any atom is -0.466 e. The molecule has 1 heterocycles. The molecular formula is C18H23NO4S. The third-order valence-electron chi connectivity index (χ3n) is 4.81. The van der Waals surface area contributed by atoms with Crippen molar-refractivity contribution in [1.29, 1.82) is 0 Å². The van der Waals surface area contributed by atoms with Crippen LogP contribution < -0.4 is 4.72 Å². The van der Waals surface area contributed by atoms with Crippen molar-refractivity contribution in [1.82, 2.24) is 4.72 Å². The summed E-state index contributed by atoms with van der Waals surface area (Å²) >= 11 is 0. The Bertz CT molecular complexity index is 838. The van der Waals surface area contributed by atoms with E-state index in [0.29, 0.717) is 11.3 Å². The van der Waals surface area contributed by atoms with Gasteiger partial charge < -0.3 is 9.52 Å². The van der Waals surface area contributed by atoms with Gasteiger partial charge in [0.15, 0.2) is 0 Å². The fraction of sp³-hybridized carbons (Fsp3) is 0.444. The predicted molar refractivity (Wildman–Crippen MR) is 91.2 cm³/mol. The van der Waals surface area contributed by atoms with E-state index in [9.17, 15) is 13.5 Å². The Morgan fingerprint density at radius 3 is 2.46 bits per heavy atom. The molecule has 1 aromatic carbocycles. The zero-order chi connectivity index (χ0) is 17.5. The van der Waals surface area contributed by atoms with E-state index >= 15 is 0 Å². The summed E-state index contributed by atoms with van der Waals surface area (Å²) in [5.74, 6) is 0.428. The first-order valence-electron chi connectivity index (χ1n) is 8.08. The molecule has 0 unspecified atom stereocenters. The van der Waals surface area contributed by atoms with Crippen molar-refractivity contribution in [3.05, 3.63) is 53.0 Å². The highest BCUT2D eigenvalue weighted by atomic mass is 32.2. The molecule has 24 heavy (non-hydrogen) atoms. The van der Waals surface area contributed by atoms with Crippen LogP contribution in [0.25, 0.3) is 0 Å². The van der Waals surface area contributed by atoms with E-state index in [1.165, 1.54) is 6.26 Å². The third kappa shape index (κ3) is 3.14. The number of nitrogens with one attached hydrogen (secondary N) is 1. The quantitative estimate of drug-likeness (QED) is 0.840. The van der Waals surface area contributed by atoms with Crippen LogP contribution in [0, 0.1) is 26.7 Å². The maximum absolute atomic E-state index is 12.7. The Labute approximate surface area is 142 Å². The van der Waals surface area contributed by atoms with E-state index in [-0.39, 0.29) is 17.4 Å². The standard InChI is InChI=1S/C18H23NO4S/c1-12-9-14(3)16(10-13(12)2)24(21,22)19-11-18(20,15-6-7-15)17-5-4-8-23-17/h4-5,8-10,15,19-20H,6-7,11H2,1-3H3/t18-/m1/s1. The van der Waals surface area contributed by atoms with E-state index in [4.69, 9.17) is 4.42 Å². The first-order valence-corrected chi connectivity index (χ1v) is 9.56. The van der Waals surface area contributed by atoms with Crippen molar-refractivity contribution in [2.75, 3.05) is 6.54 Å². The summed E-state index contributed by atoms with van der Waals surface area (Å²) in [5, 5.41) is 11.0. The van der Waals surface area contributed by atoms with Crippen molar-refractivity contribution < 1.29 is 17.9 Å². The van der Waals surface area contributed by atoms with Gasteiger partial charge in [-0.25, -0.2) is 13.1 Å². The molecule has 1 fully saturated rings. The molecule has 5 nitrogen and oxygen atoms in total. The summed E-state index contributed by atoms with van der Waals surface area (Å²) in [6.45, 7) is 5.52. The molecule has 0 radical (unpaired) electrons. The summed E-state index contributed by atoms with van der Waals surface area (Å²) in [5.41, 5.74) is 1.36. The maximum atomic E-state index is 12.7. The number of sulfonamides is 1. The molecule has 2 N–H and O–H groups in total. The lowest BCUT2D eigenvalue weighted by atomic mass is 9.95. The fourth-order valence-corrected chi connectivity index (χ4v) is 4.41. The fourth-order valence-electron chi connectivity index (χ4n) is 3.02. The Balaban J connectivity index is 1.86. The van der Waals surface area contributed by atoms with Gasteiger partial charge in [-0.3, -0.25) is 0 Å².